The predicted molar refractivity (Wildman–Crippen MR) is 78.2 cm³/mol. The Morgan fingerprint density at radius 3 is 2.63 bits per heavy atom. The fraction of sp³-hybridized carbons (Fsp3) is 0.429. The molecule has 0 aliphatic carbocycles. The number of hydrogen-bond donors (Lipinski definition) is 1. The Hall–Kier alpha value is -1.46. The van der Waals surface area contributed by atoms with Crippen molar-refractivity contribution >= 4 is 12.2 Å². The zero-order valence-corrected chi connectivity index (χ0v) is 12.3. The van der Waals surface area contributed by atoms with E-state index in [1.807, 2.05) is 4.57 Å². The summed E-state index contributed by atoms with van der Waals surface area (Å²) < 4.78 is 7.62. The van der Waals surface area contributed by atoms with Gasteiger partial charge >= 0.3 is 0 Å². The second kappa shape index (κ2) is 6.12. The number of H-pyrrole nitrogens is 1. The topological polar surface area (TPSA) is 42.8 Å². The third-order valence-electron chi connectivity index (χ3n) is 3.35. The highest BCUT2D eigenvalue weighted by Crippen LogP contribution is 2.20. The normalized spacial score (nSPS) is 12.6. The van der Waals surface area contributed by atoms with Gasteiger partial charge in [0.05, 0.1) is 0 Å². The van der Waals surface area contributed by atoms with Gasteiger partial charge in [-0.05, 0) is 42.3 Å². The maximum atomic E-state index is 5.27. The summed E-state index contributed by atoms with van der Waals surface area (Å²) in [4.78, 5) is 0. The fourth-order valence-electron chi connectivity index (χ4n) is 2.01. The summed E-state index contributed by atoms with van der Waals surface area (Å²) in [5, 5.41) is 6.98. The zero-order valence-electron chi connectivity index (χ0n) is 11.5. The molecule has 0 unspecified atom stereocenters. The molecule has 5 heteroatoms. The van der Waals surface area contributed by atoms with Gasteiger partial charge in [0.1, 0.15) is 6.61 Å². The Bertz CT molecular complexity index is 585. The highest BCUT2D eigenvalue weighted by Gasteiger charge is 2.09. The molecule has 19 heavy (non-hydrogen) atoms. The van der Waals surface area contributed by atoms with Crippen molar-refractivity contribution in [1.82, 2.24) is 14.8 Å². The van der Waals surface area contributed by atoms with Crippen molar-refractivity contribution in [1.29, 1.82) is 0 Å². The number of rotatable bonds is 5. The molecule has 1 aromatic carbocycles. The van der Waals surface area contributed by atoms with E-state index in [1.54, 1.807) is 7.11 Å². The molecule has 2 aromatic rings. The maximum absolute atomic E-state index is 5.27. The first-order valence-corrected chi connectivity index (χ1v) is 6.83. The van der Waals surface area contributed by atoms with E-state index in [4.69, 9.17) is 17.0 Å². The zero-order chi connectivity index (χ0) is 13.8. The van der Waals surface area contributed by atoms with E-state index in [0.29, 0.717) is 17.3 Å². The summed E-state index contributed by atoms with van der Waals surface area (Å²) in [7, 11) is 1.65. The number of aromatic amines is 1. The summed E-state index contributed by atoms with van der Waals surface area (Å²) in [5.41, 5.74) is 2.35. The SMILES string of the molecule is CC[C@@H](C)c1ccc(-n2c(COC)n[nH]c2=S)cc1. The lowest BCUT2D eigenvalue weighted by Gasteiger charge is -2.11. The molecule has 1 heterocycles. The fourth-order valence-corrected chi connectivity index (χ4v) is 2.27. The molecule has 0 amide bonds. The van der Waals surface area contributed by atoms with E-state index in [0.717, 1.165) is 17.9 Å². The summed E-state index contributed by atoms with van der Waals surface area (Å²) in [5.74, 6) is 1.36. The van der Waals surface area contributed by atoms with Crippen LogP contribution in [0.3, 0.4) is 0 Å². The Balaban J connectivity index is 2.37. The van der Waals surface area contributed by atoms with Crippen molar-refractivity contribution in [2.24, 2.45) is 0 Å². The van der Waals surface area contributed by atoms with Crippen molar-refractivity contribution in [3.63, 3.8) is 0 Å². The van der Waals surface area contributed by atoms with E-state index in [-0.39, 0.29) is 0 Å². The molecule has 1 atom stereocenters. The molecule has 0 spiro atoms. The summed E-state index contributed by atoms with van der Waals surface area (Å²) in [6.07, 6.45) is 1.14. The lowest BCUT2D eigenvalue weighted by Crippen LogP contribution is -2.03. The van der Waals surface area contributed by atoms with Gasteiger partial charge in [-0.15, -0.1) is 0 Å². The van der Waals surface area contributed by atoms with Gasteiger partial charge in [-0.2, -0.15) is 5.10 Å². The maximum Gasteiger partial charge on any atom is 0.199 e. The molecule has 0 aliphatic heterocycles. The Labute approximate surface area is 118 Å². The van der Waals surface area contributed by atoms with Gasteiger partial charge in [-0.3, -0.25) is 9.67 Å². The van der Waals surface area contributed by atoms with Gasteiger partial charge in [-0.1, -0.05) is 26.0 Å². The molecule has 0 saturated heterocycles. The van der Waals surface area contributed by atoms with E-state index in [2.05, 4.69) is 48.3 Å². The van der Waals surface area contributed by atoms with E-state index < -0.39 is 0 Å². The van der Waals surface area contributed by atoms with Crippen LogP contribution in [0.15, 0.2) is 24.3 Å². The van der Waals surface area contributed by atoms with Crippen LogP contribution in [0.4, 0.5) is 0 Å². The van der Waals surface area contributed by atoms with Gasteiger partial charge in [0.25, 0.3) is 0 Å². The molecular weight excluding hydrogens is 258 g/mol. The molecule has 0 saturated carbocycles. The van der Waals surface area contributed by atoms with Crippen LogP contribution >= 0.6 is 12.2 Å². The first-order valence-electron chi connectivity index (χ1n) is 6.43. The van der Waals surface area contributed by atoms with E-state index in [1.165, 1.54) is 5.56 Å². The molecule has 1 N–H and O–H groups in total. The molecule has 102 valence electrons. The van der Waals surface area contributed by atoms with Gasteiger partial charge in [-0.25, -0.2) is 0 Å². The van der Waals surface area contributed by atoms with E-state index in [9.17, 15) is 0 Å². The van der Waals surface area contributed by atoms with Crippen LogP contribution in [0.5, 0.6) is 0 Å². The van der Waals surface area contributed by atoms with Gasteiger partial charge in [0.2, 0.25) is 0 Å². The Kier molecular flexibility index (Phi) is 4.50. The van der Waals surface area contributed by atoms with Crippen LogP contribution in [-0.2, 0) is 11.3 Å². The number of hydrogen-bond acceptors (Lipinski definition) is 3. The number of nitrogens with zero attached hydrogens (tertiary/aromatic N) is 2. The van der Waals surface area contributed by atoms with Crippen LogP contribution in [0, 0.1) is 4.77 Å². The first-order chi connectivity index (χ1) is 9.17. The van der Waals surface area contributed by atoms with Crippen molar-refractivity contribution in [3.8, 4) is 5.69 Å². The molecule has 0 radical (unpaired) electrons. The van der Waals surface area contributed by atoms with Crippen LogP contribution in [0.2, 0.25) is 0 Å². The molecule has 0 fully saturated rings. The van der Waals surface area contributed by atoms with Crippen molar-refractivity contribution in [2.45, 2.75) is 32.8 Å². The Morgan fingerprint density at radius 1 is 1.37 bits per heavy atom. The molecule has 0 bridgehead atoms. The minimum atomic E-state index is 0.431. The molecule has 0 aliphatic rings. The minimum absolute atomic E-state index is 0.431. The van der Waals surface area contributed by atoms with Crippen molar-refractivity contribution < 1.29 is 4.74 Å². The number of aromatic nitrogens is 3. The lowest BCUT2D eigenvalue weighted by molar-refractivity contribution is 0.176. The predicted octanol–water partition coefficient (Wildman–Crippen LogP) is 3.59. The molecule has 4 nitrogen and oxygen atoms in total. The number of benzene rings is 1. The lowest BCUT2D eigenvalue weighted by atomic mass is 9.99. The second-order valence-corrected chi connectivity index (χ2v) is 5.00. The molecule has 2 rings (SSSR count). The average molecular weight is 277 g/mol. The summed E-state index contributed by atoms with van der Waals surface area (Å²) in [6.45, 7) is 4.86. The average Bonchev–Trinajstić information content (AvgIpc) is 2.80. The third-order valence-corrected chi connectivity index (χ3v) is 3.62. The minimum Gasteiger partial charge on any atom is -0.377 e. The highest BCUT2D eigenvalue weighted by molar-refractivity contribution is 7.71. The van der Waals surface area contributed by atoms with Crippen molar-refractivity contribution in [2.75, 3.05) is 7.11 Å². The largest absolute Gasteiger partial charge is 0.377 e. The summed E-state index contributed by atoms with van der Waals surface area (Å²) in [6, 6.07) is 8.45. The third kappa shape index (κ3) is 2.93. The van der Waals surface area contributed by atoms with Crippen LogP contribution in [-0.4, -0.2) is 21.9 Å². The monoisotopic (exact) mass is 277 g/mol. The van der Waals surface area contributed by atoms with Crippen molar-refractivity contribution in [3.05, 3.63) is 40.4 Å². The quantitative estimate of drug-likeness (QED) is 0.849. The van der Waals surface area contributed by atoms with Crippen LogP contribution in [0.1, 0.15) is 37.6 Å². The van der Waals surface area contributed by atoms with Crippen LogP contribution < -0.4 is 0 Å². The first kappa shape index (κ1) is 14.0. The van der Waals surface area contributed by atoms with Gasteiger partial charge in [0.15, 0.2) is 10.6 Å². The highest BCUT2D eigenvalue weighted by atomic mass is 32.1. The van der Waals surface area contributed by atoms with Gasteiger partial charge in [0, 0.05) is 12.8 Å². The standard InChI is InChI=1S/C14H19N3OS/c1-4-10(2)11-5-7-12(8-6-11)17-13(9-18-3)15-16-14(17)19/h5-8,10H,4,9H2,1-3H3,(H,16,19)/t10-/m1/s1. The van der Waals surface area contributed by atoms with Crippen LogP contribution in [0.25, 0.3) is 5.69 Å². The Morgan fingerprint density at radius 2 is 2.05 bits per heavy atom. The molecule has 1 aromatic heterocycles. The smallest absolute Gasteiger partial charge is 0.199 e. The number of nitrogens with one attached hydrogen (secondary N) is 1. The summed E-state index contributed by atoms with van der Waals surface area (Å²) >= 11 is 5.27. The number of methoxy groups -OCH3 is 1. The second-order valence-electron chi connectivity index (χ2n) is 4.61. The number of ether oxygens (including phenoxy) is 1. The molecular formula is C14H19N3OS. The van der Waals surface area contributed by atoms with E-state index >= 15 is 0 Å². The van der Waals surface area contributed by atoms with Gasteiger partial charge < -0.3 is 4.74 Å².